The highest BCUT2D eigenvalue weighted by molar-refractivity contribution is 6.39. The van der Waals surface area contributed by atoms with E-state index in [1.807, 2.05) is 6.20 Å². The quantitative estimate of drug-likeness (QED) is 0.286. The lowest BCUT2D eigenvalue weighted by molar-refractivity contribution is 0.0752. The van der Waals surface area contributed by atoms with Gasteiger partial charge < -0.3 is 10.0 Å². The number of aliphatic hydroxyl groups excluding tert-OH is 1. The normalized spacial score (nSPS) is 15.8. The van der Waals surface area contributed by atoms with Crippen molar-refractivity contribution in [1.82, 2.24) is 29.7 Å². The zero-order valence-corrected chi connectivity index (χ0v) is 24.0. The van der Waals surface area contributed by atoms with E-state index in [9.17, 15) is 14.7 Å². The second-order valence-corrected chi connectivity index (χ2v) is 11.1. The SMILES string of the molecule is O=C(c1[nH]n(-c2ccc(Cl)cc2)c(=O)c1CCO)N1CCCC(CCn2cc(-c3c(Cl)cccc3Cl)nn2)CC1. The highest BCUT2D eigenvalue weighted by Crippen LogP contribution is 2.33. The second-order valence-electron chi connectivity index (χ2n) is 9.90. The molecule has 12 heteroatoms. The number of aromatic nitrogens is 5. The summed E-state index contributed by atoms with van der Waals surface area (Å²) in [6.07, 6.45) is 5.50. The summed E-state index contributed by atoms with van der Waals surface area (Å²) in [5, 5.41) is 22.7. The summed E-state index contributed by atoms with van der Waals surface area (Å²) in [5.41, 5.74) is 2.02. The van der Waals surface area contributed by atoms with Crippen LogP contribution in [0.1, 0.15) is 41.7 Å². The van der Waals surface area contributed by atoms with Gasteiger partial charge >= 0.3 is 0 Å². The number of hydrogen-bond acceptors (Lipinski definition) is 5. The van der Waals surface area contributed by atoms with Gasteiger partial charge in [-0.15, -0.1) is 5.10 Å². The van der Waals surface area contributed by atoms with Crippen molar-refractivity contribution in [1.29, 1.82) is 0 Å². The predicted molar refractivity (Wildman–Crippen MR) is 156 cm³/mol. The third-order valence-corrected chi connectivity index (χ3v) is 8.19. The number of halogens is 3. The Kier molecular flexibility index (Phi) is 8.95. The smallest absolute Gasteiger partial charge is 0.275 e. The summed E-state index contributed by atoms with van der Waals surface area (Å²) < 4.78 is 3.13. The van der Waals surface area contributed by atoms with Gasteiger partial charge in [0.1, 0.15) is 11.4 Å². The van der Waals surface area contributed by atoms with Gasteiger partial charge in [0.05, 0.1) is 27.5 Å². The minimum atomic E-state index is -0.349. The Hall–Kier alpha value is -3.11. The van der Waals surface area contributed by atoms with Crippen LogP contribution in [-0.4, -0.2) is 60.4 Å². The number of nitrogens with one attached hydrogen (secondary N) is 1. The van der Waals surface area contributed by atoms with E-state index in [1.165, 1.54) is 4.68 Å². The number of hydrogen-bond donors (Lipinski definition) is 2. The van der Waals surface area contributed by atoms with Crippen LogP contribution in [0.4, 0.5) is 0 Å². The van der Waals surface area contributed by atoms with E-state index in [-0.39, 0.29) is 35.8 Å². The summed E-state index contributed by atoms with van der Waals surface area (Å²) in [7, 11) is 0. The number of nitrogens with zero attached hydrogens (tertiary/aromatic N) is 5. The molecular formula is C28H29Cl3N6O3. The van der Waals surface area contributed by atoms with Crippen molar-refractivity contribution in [2.24, 2.45) is 5.92 Å². The number of aromatic amines is 1. The lowest BCUT2D eigenvalue weighted by Crippen LogP contribution is -2.33. The third kappa shape index (κ3) is 6.12. The van der Waals surface area contributed by atoms with Crippen LogP contribution in [-0.2, 0) is 13.0 Å². The fourth-order valence-corrected chi connectivity index (χ4v) is 5.88. The molecule has 210 valence electrons. The molecule has 1 aliphatic heterocycles. The van der Waals surface area contributed by atoms with Gasteiger partial charge in [-0.25, -0.2) is 4.68 Å². The van der Waals surface area contributed by atoms with E-state index in [4.69, 9.17) is 34.8 Å². The average molecular weight is 604 g/mol. The van der Waals surface area contributed by atoms with E-state index in [0.29, 0.717) is 57.6 Å². The van der Waals surface area contributed by atoms with Crippen LogP contribution in [0.15, 0.2) is 53.5 Å². The number of aliphatic hydroxyl groups is 1. The Morgan fingerprint density at radius 1 is 1.05 bits per heavy atom. The maximum absolute atomic E-state index is 13.6. The lowest BCUT2D eigenvalue weighted by atomic mass is 9.97. The maximum atomic E-state index is 13.6. The number of likely N-dealkylation sites (tertiary alicyclic amines) is 1. The van der Waals surface area contributed by atoms with Crippen LogP contribution in [0.5, 0.6) is 0 Å². The van der Waals surface area contributed by atoms with Crippen molar-refractivity contribution >= 4 is 40.7 Å². The molecule has 0 radical (unpaired) electrons. The van der Waals surface area contributed by atoms with Crippen molar-refractivity contribution in [3.05, 3.63) is 85.3 Å². The standard InChI is InChI=1S/C28H29Cl3N6O3/c29-19-6-8-20(9-7-19)37-27(39)21(12-16-38)26(33-37)28(40)35-13-2-3-18(10-14-35)11-15-36-17-24(32-34-36)25-22(30)4-1-5-23(25)31/h1,4-9,17-18,33,38H,2-3,10-16H2. The molecule has 4 aromatic rings. The fourth-order valence-electron chi connectivity index (χ4n) is 5.16. The number of amides is 1. The van der Waals surface area contributed by atoms with Crippen LogP contribution in [0.25, 0.3) is 16.9 Å². The number of benzene rings is 2. The molecule has 0 aliphatic carbocycles. The summed E-state index contributed by atoms with van der Waals surface area (Å²) in [4.78, 5) is 28.5. The van der Waals surface area contributed by atoms with Gasteiger partial charge in [0, 0.05) is 43.2 Å². The molecule has 0 bridgehead atoms. The molecule has 1 unspecified atom stereocenters. The Balaban J connectivity index is 1.24. The van der Waals surface area contributed by atoms with Crippen LogP contribution in [0.3, 0.4) is 0 Å². The van der Waals surface area contributed by atoms with Crippen molar-refractivity contribution in [3.8, 4) is 16.9 Å². The zero-order chi connectivity index (χ0) is 28.2. The van der Waals surface area contributed by atoms with Crippen LogP contribution >= 0.6 is 34.8 Å². The summed E-state index contributed by atoms with van der Waals surface area (Å²) in [6, 6.07) is 12.1. The zero-order valence-electron chi connectivity index (χ0n) is 21.7. The van der Waals surface area contributed by atoms with Crippen molar-refractivity contribution in [3.63, 3.8) is 0 Å². The number of rotatable bonds is 8. The molecule has 2 aromatic heterocycles. The van der Waals surface area contributed by atoms with Crippen molar-refractivity contribution in [2.75, 3.05) is 19.7 Å². The Morgan fingerprint density at radius 2 is 1.80 bits per heavy atom. The average Bonchev–Trinajstić information content (AvgIpc) is 3.44. The molecule has 2 N–H and O–H groups in total. The molecule has 1 amide bonds. The van der Waals surface area contributed by atoms with Crippen molar-refractivity contribution < 1.29 is 9.90 Å². The first-order chi connectivity index (χ1) is 19.4. The maximum Gasteiger partial charge on any atom is 0.275 e. The monoisotopic (exact) mass is 602 g/mol. The highest BCUT2D eigenvalue weighted by Gasteiger charge is 2.27. The van der Waals surface area contributed by atoms with Gasteiger partial charge in [-0.3, -0.25) is 19.4 Å². The van der Waals surface area contributed by atoms with Gasteiger partial charge in [0.2, 0.25) is 0 Å². The molecule has 1 fully saturated rings. The number of aryl methyl sites for hydroxylation is 1. The first-order valence-electron chi connectivity index (χ1n) is 13.2. The summed E-state index contributed by atoms with van der Waals surface area (Å²) in [6.45, 7) is 1.63. The predicted octanol–water partition coefficient (Wildman–Crippen LogP) is 5.25. The van der Waals surface area contributed by atoms with Crippen LogP contribution in [0.2, 0.25) is 15.1 Å². The molecule has 1 aliphatic rings. The number of carbonyl (C=O) groups is 1. The molecular weight excluding hydrogens is 575 g/mol. The molecule has 0 spiro atoms. The fraction of sp³-hybridized carbons (Fsp3) is 0.357. The van der Waals surface area contributed by atoms with Gasteiger partial charge in [0.15, 0.2) is 0 Å². The molecule has 9 nitrogen and oxygen atoms in total. The second kappa shape index (κ2) is 12.6. The molecule has 3 heterocycles. The number of H-pyrrole nitrogens is 1. The molecule has 40 heavy (non-hydrogen) atoms. The topological polar surface area (TPSA) is 109 Å². The largest absolute Gasteiger partial charge is 0.396 e. The highest BCUT2D eigenvalue weighted by atomic mass is 35.5. The summed E-state index contributed by atoms with van der Waals surface area (Å²) >= 11 is 18.6. The summed E-state index contributed by atoms with van der Waals surface area (Å²) in [5.74, 6) is 0.176. The van der Waals surface area contributed by atoms with Gasteiger partial charge in [0.25, 0.3) is 11.5 Å². The van der Waals surface area contributed by atoms with Gasteiger partial charge in [-0.05, 0) is 68.0 Å². The minimum absolute atomic E-state index is 0.0900. The molecule has 2 aromatic carbocycles. The molecule has 1 saturated heterocycles. The van der Waals surface area contributed by atoms with E-state index in [2.05, 4.69) is 15.4 Å². The molecule has 5 rings (SSSR count). The van der Waals surface area contributed by atoms with Gasteiger partial charge in [-0.1, -0.05) is 46.1 Å². The first-order valence-corrected chi connectivity index (χ1v) is 14.3. The Morgan fingerprint density at radius 3 is 2.52 bits per heavy atom. The molecule has 1 atom stereocenters. The minimum Gasteiger partial charge on any atom is -0.396 e. The Bertz CT molecular complexity index is 1530. The third-order valence-electron chi connectivity index (χ3n) is 7.31. The molecule has 0 saturated carbocycles. The van der Waals surface area contributed by atoms with E-state index < -0.39 is 0 Å². The number of carbonyl (C=O) groups excluding carboxylic acids is 1. The lowest BCUT2D eigenvalue weighted by Gasteiger charge is -2.20. The van der Waals surface area contributed by atoms with Crippen molar-refractivity contribution in [2.45, 2.75) is 38.6 Å². The van der Waals surface area contributed by atoms with Crippen LogP contribution in [0, 0.1) is 5.92 Å². The van der Waals surface area contributed by atoms with E-state index in [1.54, 1.807) is 52.0 Å². The van der Waals surface area contributed by atoms with E-state index in [0.717, 1.165) is 25.7 Å². The Labute approximate surface area is 246 Å². The van der Waals surface area contributed by atoms with Gasteiger partial charge in [-0.2, -0.15) is 0 Å². The van der Waals surface area contributed by atoms with Crippen LogP contribution < -0.4 is 5.56 Å². The first kappa shape index (κ1) is 28.4. The van der Waals surface area contributed by atoms with E-state index >= 15 is 0 Å².